The van der Waals surface area contributed by atoms with E-state index in [0.717, 1.165) is 43.2 Å². The third-order valence-corrected chi connectivity index (χ3v) is 4.65. The molecule has 0 spiro atoms. The smallest absolute Gasteiger partial charge is 0.124 e. The molecule has 24 heavy (non-hydrogen) atoms. The minimum atomic E-state index is 0.0795. The molecule has 4 nitrogen and oxygen atoms in total. The van der Waals surface area contributed by atoms with Crippen LogP contribution in [0.4, 0.5) is 0 Å². The molecule has 0 amide bonds. The van der Waals surface area contributed by atoms with Crippen LogP contribution in [0.2, 0.25) is 5.02 Å². The molecule has 1 saturated heterocycles. The predicted octanol–water partition coefficient (Wildman–Crippen LogP) is 3.35. The number of piperazine rings is 1. The molecule has 1 atom stereocenters. The molecule has 0 saturated carbocycles. The molecule has 0 radical (unpaired) electrons. The minimum Gasteiger partial charge on any atom is -0.497 e. The summed E-state index contributed by atoms with van der Waals surface area (Å²) in [5.41, 5.74) is 2.26. The third-order valence-electron chi connectivity index (χ3n) is 4.41. The van der Waals surface area contributed by atoms with E-state index in [0.29, 0.717) is 5.02 Å². The average molecular weight is 347 g/mol. The van der Waals surface area contributed by atoms with Crippen molar-refractivity contribution in [2.45, 2.75) is 6.04 Å². The van der Waals surface area contributed by atoms with Crippen LogP contribution in [0.15, 0.2) is 42.5 Å². The van der Waals surface area contributed by atoms with Crippen LogP contribution in [0.1, 0.15) is 17.2 Å². The van der Waals surface area contributed by atoms with E-state index < -0.39 is 0 Å². The monoisotopic (exact) mass is 346 g/mol. The van der Waals surface area contributed by atoms with Crippen LogP contribution < -0.4 is 14.8 Å². The molecule has 2 aromatic carbocycles. The zero-order valence-electron chi connectivity index (χ0n) is 14.1. The fraction of sp³-hybridized carbons (Fsp3) is 0.368. The maximum atomic E-state index is 6.29. The van der Waals surface area contributed by atoms with Gasteiger partial charge in [0.15, 0.2) is 0 Å². The van der Waals surface area contributed by atoms with E-state index in [9.17, 15) is 0 Å². The molecular weight excluding hydrogens is 324 g/mol. The van der Waals surface area contributed by atoms with Crippen molar-refractivity contribution in [1.29, 1.82) is 0 Å². The van der Waals surface area contributed by atoms with Gasteiger partial charge in [0.2, 0.25) is 0 Å². The molecule has 3 rings (SSSR count). The average Bonchev–Trinajstić information content (AvgIpc) is 2.63. The predicted molar refractivity (Wildman–Crippen MR) is 97.3 cm³/mol. The lowest BCUT2D eigenvalue weighted by atomic mass is 9.95. The van der Waals surface area contributed by atoms with Gasteiger partial charge in [0.05, 0.1) is 20.3 Å². The van der Waals surface area contributed by atoms with Gasteiger partial charge in [-0.05, 0) is 35.9 Å². The largest absolute Gasteiger partial charge is 0.497 e. The second-order valence-electron chi connectivity index (χ2n) is 5.85. The molecule has 128 valence electrons. The lowest BCUT2D eigenvalue weighted by molar-refractivity contribution is 0.195. The highest BCUT2D eigenvalue weighted by Crippen LogP contribution is 2.37. The van der Waals surface area contributed by atoms with Crippen molar-refractivity contribution in [2.24, 2.45) is 0 Å². The molecule has 1 fully saturated rings. The summed E-state index contributed by atoms with van der Waals surface area (Å²) in [4.78, 5) is 2.46. The Morgan fingerprint density at radius 3 is 2.54 bits per heavy atom. The Kier molecular flexibility index (Phi) is 5.61. The Balaban J connectivity index is 2.09. The van der Waals surface area contributed by atoms with Crippen LogP contribution in [-0.4, -0.2) is 45.3 Å². The molecular formula is C19H23ClN2O2. The highest BCUT2D eigenvalue weighted by atomic mass is 35.5. The molecule has 0 aliphatic carbocycles. The Hall–Kier alpha value is -1.75. The number of hydrogen-bond donors (Lipinski definition) is 1. The highest BCUT2D eigenvalue weighted by Gasteiger charge is 2.27. The van der Waals surface area contributed by atoms with E-state index >= 15 is 0 Å². The zero-order valence-corrected chi connectivity index (χ0v) is 14.8. The summed E-state index contributed by atoms with van der Waals surface area (Å²) >= 11 is 6.29. The standard InChI is InChI=1S/C19H23ClN2O2/c1-23-16-5-3-4-14(12-16)19(22-10-8-21-9-11-22)17-13-15(20)6-7-18(17)24-2/h3-7,12-13,19,21H,8-11H2,1-2H3. The molecule has 2 aromatic rings. The van der Waals surface area contributed by atoms with Crippen molar-refractivity contribution >= 4 is 11.6 Å². The first-order valence-electron chi connectivity index (χ1n) is 8.15. The van der Waals surface area contributed by atoms with Gasteiger partial charge < -0.3 is 14.8 Å². The fourth-order valence-electron chi connectivity index (χ4n) is 3.26. The SMILES string of the molecule is COc1cccc(C(c2cc(Cl)ccc2OC)N2CCNCC2)c1. The Morgan fingerprint density at radius 1 is 1.04 bits per heavy atom. The van der Waals surface area contributed by atoms with Crippen LogP contribution in [0.5, 0.6) is 11.5 Å². The first kappa shape index (κ1) is 17.1. The van der Waals surface area contributed by atoms with Crippen LogP contribution in [-0.2, 0) is 0 Å². The van der Waals surface area contributed by atoms with E-state index in [2.05, 4.69) is 22.3 Å². The van der Waals surface area contributed by atoms with Crippen LogP contribution in [0, 0.1) is 0 Å². The van der Waals surface area contributed by atoms with E-state index in [4.69, 9.17) is 21.1 Å². The van der Waals surface area contributed by atoms with E-state index in [1.807, 2.05) is 30.3 Å². The number of methoxy groups -OCH3 is 2. The first-order valence-corrected chi connectivity index (χ1v) is 8.53. The molecule has 0 bridgehead atoms. The molecule has 5 heteroatoms. The number of halogens is 1. The fourth-order valence-corrected chi connectivity index (χ4v) is 3.44. The number of rotatable bonds is 5. The van der Waals surface area contributed by atoms with Crippen molar-refractivity contribution < 1.29 is 9.47 Å². The summed E-state index contributed by atoms with van der Waals surface area (Å²) < 4.78 is 11.0. The lowest BCUT2D eigenvalue weighted by Gasteiger charge is -2.36. The summed E-state index contributed by atoms with van der Waals surface area (Å²) in [5, 5.41) is 4.13. The van der Waals surface area contributed by atoms with Gasteiger partial charge in [-0.25, -0.2) is 0 Å². The second-order valence-corrected chi connectivity index (χ2v) is 6.29. The molecule has 1 aliphatic heterocycles. The summed E-state index contributed by atoms with van der Waals surface area (Å²) in [6, 6.07) is 14.1. The Bertz CT molecular complexity index is 687. The summed E-state index contributed by atoms with van der Waals surface area (Å²) in [7, 11) is 3.39. The number of benzene rings is 2. The highest BCUT2D eigenvalue weighted by molar-refractivity contribution is 6.30. The summed E-state index contributed by atoms with van der Waals surface area (Å²) in [6.07, 6.45) is 0. The first-order chi connectivity index (χ1) is 11.7. The van der Waals surface area contributed by atoms with E-state index in [-0.39, 0.29) is 6.04 Å². The number of nitrogens with one attached hydrogen (secondary N) is 1. The summed E-state index contributed by atoms with van der Waals surface area (Å²) in [6.45, 7) is 3.89. The van der Waals surface area contributed by atoms with Crippen molar-refractivity contribution in [3.63, 3.8) is 0 Å². The molecule has 0 aromatic heterocycles. The molecule has 1 aliphatic rings. The number of ether oxygens (including phenoxy) is 2. The van der Waals surface area contributed by atoms with Crippen LogP contribution in [0.3, 0.4) is 0 Å². The van der Waals surface area contributed by atoms with Crippen molar-refractivity contribution in [2.75, 3.05) is 40.4 Å². The summed E-state index contributed by atoms with van der Waals surface area (Å²) in [5.74, 6) is 1.71. The minimum absolute atomic E-state index is 0.0795. The number of hydrogen-bond acceptors (Lipinski definition) is 4. The van der Waals surface area contributed by atoms with Gasteiger partial charge in [-0.1, -0.05) is 23.7 Å². The molecule has 1 unspecified atom stereocenters. The maximum Gasteiger partial charge on any atom is 0.124 e. The van der Waals surface area contributed by atoms with Gasteiger partial charge in [-0.3, -0.25) is 4.90 Å². The topological polar surface area (TPSA) is 33.7 Å². The quantitative estimate of drug-likeness (QED) is 0.900. The van der Waals surface area contributed by atoms with Crippen LogP contribution >= 0.6 is 11.6 Å². The number of nitrogens with zero attached hydrogens (tertiary/aromatic N) is 1. The maximum absolute atomic E-state index is 6.29. The van der Waals surface area contributed by atoms with E-state index in [1.54, 1.807) is 14.2 Å². The van der Waals surface area contributed by atoms with Crippen molar-refractivity contribution in [3.05, 3.63) is 58.6 Å². The zero-order chi connectivity index (χ0) is 16.9. The second kappa shape index (κ2) is 7.88. The third kappa shape index (κ3) is 3.66. The lowest BCUT2D eigenvalue weighted by Crippen LogP contribution is -2.45. The van der Waals surface area contributed by atoms with Gasteiger partial charge in [0.1, 0.15) is 11.5 Å². The Morgan fingerprint density at radius 2 is 1.83 bits per heavy atom. The van der Waals surface area contributed by atoms with Gasteiger partial charge in [-0.2, -0.15) is 0 Å². The van der Waals surface area contributed by atoms with Crippen molar-refractivity contribution in [1.82, 2.24) is 10.2 Å². The normalized spacial score (nSPS) is 16.6. The van der Waals surface area contributed by atoms with Gasteiger partial charge in [-0.15, -0.1) is 0 Å². The molecule has 1 heterocycles. The Labute approximate surface area is 148 Å². The van der Waals surface area contributed by atoms with Crippen molar-refractivity contribution in [3.8, 4) is 11.5 Å². The van der Waals surface area contributed by atoms with E-state index in [1.165, 1.54) is 5.56 Å². The molecule has 1 N–H and O–H groups in total. The van der Waals surface area contributed by atoms with Gasteiger partial charge in [0, 0.05) is 36.8 Å². The van der Waals surface area contributed by atoms with Gasteiger partial charge >= 0.3 is 0 Å². The van der Waals surface area contributed by atoms with Crippen LogP contribution in [0.25, 0.3) is 0 Å². The van der Waals surface area contributed by atoms with Gasteiger partial charge in [0.25, 0.3) is 0 Å².